The summed E-state index contributed by atoms with van der Waals surface area (Å²) in [5.74, 6) is 1.78. The summed E-state index contributed by atoms with van der Waals surface area (Å²) in [6.45, 7) is 6.65. The Morgan fingerprint density at radius 2 is 1.93 bits per heavy atom. The molecule has 29 heavy (non-hydrogen) atoms. The molecule has 0 radical (unpaired) electrons. The van der Waals surface area contributed by atoms with Crippen molar-refractivity contribution in [1.29, 1.82) is 0 Å². The molecule has 1 aliphatic heterocycles. The van der Waals surface area contributed by atoms with Crippen molar-refractivity contribution >= 4 is 11.8 Å². The van der Waals surface area contributed by atoms with Crippen LogP contribution in [0, 0.1) is 11.8 Å². The lowest BCUT2D eigenvalue weighted by Crippen LogP contribution is -2.43. The van der Waals surface area contributed by atoms with E-state index in [0.717, 1.165) is 12.8 Å². The summed E-state index contributed by atoms with van der Waals surface area (Å²) in [6.07, 6.45) is 3.37. The lowest BCUT2D eigenvalue weighted by atomic mass is 9.78. The molecule has 0 bridgehead atoms. The average Bonchev–Trinajstić information content (AvgIpc) is 2.75. The van der Waals surface area contributed by atoms with Crippen LogP contribution in [0.3, 0.4) is 0 Å². The number of hydrogen-bond donors (Lipinski definition) is 1. The second kappa shape index (κ2) is 9.96. The van der Waals surface area contributed by atoms with Gasteiger partial charge in [0.2, 0.25) is 0 Å². The Bertz CT molecular complexity index is 717. The zero-order chi connectivity index (χ0) is 20.8. The molecular weight excluding hydrogens is 372 g/mol. The van der Waals surface area contributed by atoms with Crippen molar-refractivity contribution in [1.82, 2.24) is 10.2 Å². The Labute approximate surface area is 172 Å². The summed E-state index contributed by atoms with van der Waals surface area (Å²) in [6, 6.07) is 5.26. The number of methoxy groups -OCH3 is 1. The topological polar surface area (TPSA) is 77.1 Å². The zero-order valence-electron chi connectivity index (χ0n) is 17.6. The van der Waals surface area contributed by atoms with Crippen molar-refractivity contribution in [3.05, 3.63) is 23.8 Å². The summed E-state index contributed by atoms with van der Waals surface area (Å²) in [5.41, 5.74) is 0.527. The van der Waals surface area contributed by atoms with Crippen molar-refractivity contribution in [3.8, 4) is 11.5 Å². The molecule has 1 aromatic carbocycles. The van der Waals surface area contributed by atoms with E-state index < -0.39 is 0 Å². The van der Waals surface area contributed by atoms with E-state index in [1.807, 2.05) is 0 Å². The number of morpholine rings is 1. The fourth-order valence-electron chi connectivity index (χ4n) is 4.01. The van der Waals surface area contributed by atoms with E-state index in [1.54, 1.807) is 23.1 Å². The Hall–Kier alpha value is -2.28. The van der Waals surface area contributed by atoms with Gasteiger partial charge in [0.1, 0.15) is 0 Å². The molecule has 0 aromatic heterocycles. The Morgan fingerprint density at radius 3 is 2.66 bits per heavy atom. The van der Waals surface area contributed by atoms with Gasteiger partial charge in [0.15, 0.2) is 18.1 Å². The van der Waals surface area contributed by atoms with Crippen molar-refractivity contribution in [3.63, 3.8) is 0 Å². The number of ether oxygens (including phenoxy) is 3. The van der Waals surface area contributed by atoms with Crippen LogP contribution in [-0.2, 0) is 9.53 Å². The fourth-order valence-corrected chi connectivity index (χ4v) is 4.01. The molecule has 1 saturated carbocycles. The second-order valence-electron chi connectivity index (χ2n) is 7.99. The zero-order valence-corrected chi connectivity index (χ0v) is 17.6. The van der Waals surface area contributed by atoms with Crippen LogP contribution < -0.4 is 14.8 Å². The molecule has 1 saturated heterocycles. The minimum Gasteiger partial charge on any atom is -0.493 e. The Kier molecular flexibility index (Phi) is 7.36. The van der Waals surface area contributed by atoms with Crippen LogP contribution in [0.2, 0.25) is 0 Å². The first kappa shape index (κ1) is 21.4. The van der Waals surface area contributed by atoms with Crippen LogP contribution in [0.4, 0.5) is 0 Å². The largest absolute Gasteiger partial charge is 0.493 e. The first-order chi connectivity index (χ1) is 14.0. The lowest BCUT2D eigenvalue weighted by molar-refractivity contribution is -0.137. The second-order valence-corrected chi connectivity index (χ2v) is 7.99. The highest BCUT2D eigenvalue weighted by Crippen LogP contribution is 2.31. The van der Waals surface area contributed by atoms with Gasteiger partial charge >= 0.3 is 0 Å². The van der Waals surface area contributed by atoms with Gasteiger partial charge in [-0.2, -0.15) is 0 Å². The van der Waals surface area contributed by atoms with Crippen LogP contribution in [0.5, 0.6) is 11.5 Å². The molecule has 2 fully saturated rings. The number of nitrogens with one attached hydrogen (secondary N) is 1. The third-order valence-corrected chi connectivity index (χ3v) is 6.16. The maximum Gasteiger partial charge on any atom is 0.260 e. The van der Waals surface area contributed by atoms with Gasteiger partial charge in [-0.1, -0.05) is 26.7 Å². The predicted molar refractivity (Wildman–Crippen MR) is 109 cm³/mol. The van der Waals surface area contributed by atoms with Gasteiger partial charge < -0.3 is 24.4 Å². The number of carbonyl (C=O) groups excluding carboxylic acids is 2. The lowest BCUT2D eigenvalue weighted by Gasteiger charge is -2.34. The van der Waals surface area contributed by atoms with E-state index >= 15 is 0 Å². The quantitative estimate of drug-likeness (QED) is 0.788. The van der Waals surface area contributed by atoms with Crippen LogP contribution in [0.25, 0.3) is 0 Å². The number of hydrogen-bond acceptors (Lipinski definition) is 5. The first-order valence-electron chi connectivity index (χ1n) is 10.5. The molecule has 160 valence electrons. The van der Waals surface area contributed by atoms with Crippen LogP contribution in [0.15, 0.2) is 18.2 Å². The third kappa shape index (κ3) is 5.41. The summed E-state index contributed by atoms with van der Waals surface area (Å²) < 4.78 is 16.3. The summed E-state index contributed by atoms with van der Waals surface area (Å²) in [7, 11) is 1.53. The molecular formula is C22H32N2O5. The van der Waals surface area contributed by atoms with Crippen molar-refractivity contribution in [2.24, 2.45) is 11.8 Å². The van der Waals surface area contributed by atoms with Gasteiger partial charge in [-0.05, 0) is 36.5 Å². The van der Waals surface area contributed by atoms with Crippen LogP contribution in [0.1, 0.15) is 43.5 Å². The average molecular weight is 405 g/mol. The molecule has 0 unspecified atom stereocenters. The van der Waals surface area contributed by atoms with E-state index in [1.165, 1.54) is 13.5 Å². The van der Waals surface area contributed by atoms with E-state index in [0.29, 0.717) is 55.2 Å². The Morgan fingerprint density at radius 1 is 1.17 bits per heavy atom. The molecule has 1 N–H and O–H groups in total. The fraction of sp³-hybridized carbons (Fsp3) is 0.636. The number of carbonyl (C=O) groups is 2. The van der Waals surface area contributed by atoms with Gasteiger partial charge in [0.05, 0.1) is 20.3 Å². The normalized spacial score (nSPS) is 24.7. The number of benzene rings is 1. The molecule has 1 aromatic rings. The first-order valence-corrected chi connectivity index (χ1v) is 10.5. The minimum atomic E-state index is -0.106. The third-order valence-electron chi connectivity index (χ3n) is 6.16. The summed E-state index contributed by atoms with van der Waals surface area (Å²) >= 11 is 0. The number of nitrogens with zero attached hydrogens (tertiary/aromatic N) is 1. The molecule has 3 atom stereocenters. The van der Waals surface area contributed by atoms with Crippen molar-refractivity contribution in [2.45, 2.75) is 39.2 Å². The van der Waals surface area contributed by atoms with Gasteiger partial charge in [0.25, 0.3) is 11.8 Å². The molecule has 2 aliphatic rings. The minimum absolute atomic E-state index is 0.0701. The monoisotopic (exact) mass is 404 g/mol. The van der Waals surface area contributed by atoms with Crippen molar-refractivity contribution in [2.75, 3.05) is 40.0 Å². The van der Waals surface area contributed by atoms with E-state index in [4.69, 9.17) is 14.2 Å². The SMILES string of the molecule is COc1cc(C(=O)N[C@H]2CCC[C@H](C)[C@H]2C)ccc1OCC(=O)N1CCOCC1. The molecule has 2 amide bonds. The molecule has 3 rings (SSSR count). The summed E-state index contributed by atoms with van der Waals surface area (Å²) in [4.78, 5) is 26.7. The van der Waals surface area contributed by atoms with E-state index in [-0.39, 0.29) is 24.5 Å². The highest BCUT2D eigenvalue weighted by atomic mass is 16.5. The molecule has 7 nitrogen and oxygen atoms in total. The number of rotatable bonds is 6. The molecule has 7 heteroatoms. The maximum atomic E-state index is 12.7. The molecule has 1 heterocycles. The van der Waals surface area contributed by atoms with Gasteiger partial charge in [0, 0.05) is 24.7 Å². The van der Waals surface area contributed by atoms with Crippen LogP contribution >= 0.6 is 0 Å². The smallest absolute Gasteiger partial charge is 0.260 e. The van der Waals surface area contributed by atoms with Gasteiger partial charge in [-0.25, -0.2) is 0 Å². The predicted octanol–water partition coefficient (Wildman–Crippen LogP) is 2.49. The standard InChI is InChI=1S/C22H32N2O5/c1-15-5-4-6-18(16(15)2)23-22(26)17-7-8-19(20(13-17)27-3)29-14-21(25)24-9-11-28-12-10-24/h7-8,13,15-16,18H,4-6,9-12,14H2,1-3H3,(H,23,26)/t15-,16+,18-/m0/s1. The Balaban J connectivity index is 1.60. The van der Waals surface area contributed by atoms with E-state index in [2.05, 4.69) is 19.2 Å². The molecule has 1 aliphatic carbocycles. The van der Waals surface area contributed by atoms with Gasteiger partial charge in [-0.15, -0.1) is 0 Å². The van der Waals surface area contributed by atoms with Crippen molar-refractivity contribution < 1.29 is 23.8 Å². The van der Waals surface area contributed by atoms with Gasteiger partial charge in [-0.3, -0.25) is 9.59 Å². The van der Waals surface area contributed by atoms with Crippen LogP contribution in [-0.4, -0.2) is 62.8 Å². The number of amides is 2. The maximum absolute atomic E-state index is 12.7. The van der Waals surface area contributed by atoms with E-state index in [9.17, 15) is 9.59 Å². The molecule has 0 spiro atoms. The summed E-state index contributed by atoms with van der Waals surface area (Å²) in [5, 5.41) is 3.17. The highest BCUT2D eigenvalue weighted by Gasteiger charge is 2.28. The highest BCUT2D eigenvalue weighted by molar-refractivity contribution is 5.95.